The number of aryl methyl sites for hydroxylation is 1. The Morgan fingerprint density at radius 1 is 1.45 bits per heavy atom. The Kier molecular flexibility index (Phi) is 5.68. The van der Waals surface area contributed by atoms with Crippen LogP contribution in [0.3, 0.4) is 0 Å². The van der Waals surface area contributed by atoms with E-state index in [2.05, 4.69) is 0 Å². The highest BCUT2D eigenvalue weighted by atomic mass is 32.2. The predicted molar refractivity (Wildman–Crippen MR) is 86.3 cm³/mol. The van der Waals surface area contributed by atoms with Gasteiger partial charge in [-0.15, -0.1) is 0 Å². The minimum Gasteiger partial charge on any atom is -0.389 e. The summed E-state index contributed by atoms with van der Waals surface area (Å²) in [5.41, 5.74) is 7.07. The van der Waals surface area contributed by atoms with Crippen LogP contribution in [0.2, 0.25) is 0 Å². The second-order valence-corrected chi connectivity index (χ2v) is 7.62. The zero-order chi connectivity index (χ0) is 15.5. The number of nitrogens with zero attached hydrogens (tertiary/aromatic N) is 1. The van der Waals surface area contributed by atoms with Gasteiger partial charge in [-0.05, 0) is 30.5 Å². The summed E-state index contributed by atoms with van der Waals surface area (Å²) in [6, 6.07) is 4.85. The van der Waals surface area contributed by atoms with Gasteiger partial charge in [0.15, 0.2) is 0 Å². The lowest BCUT2D eigenvalue weighted by Gasteiger charge is -2.21. The van der Waals surface area contributed by atoms with E-state index in [0.717, 1.165) is 12.0 Å². The lowest BCUT2D eigenvalue weighted by atomic mass is 10.1. The average Bonchev–Trinajstić information content (AvgIpc) is 2.37. The highest BCUT2D eigenvalue weighted by Gasteiger charge is 2.22. The molecule has 4 nitrogen and oxygen atoms in total. The van der Waals surface area contributed by atoms with Crippen molar-refractivity contribution in [2.45, 2.75) is 32.1 Å². The summed E-state index contributed by atoms with van der Waals surface area (Å²) in [7, 11) is -1.85. The van der Waals surface area contributed by atoms with Crippen molar-refractivity contribution in [3.8, 4) is 0 Å². The molecule has 0 aromatic heterocycles. The number of hydrogen-bond acceptors (Lipinski definition) is 3. The van der Waals surface area contributed by atoms with Crippen molar-refractivity contribution in [1.82, 2.24) is 4.31 Å². The molecule has 1 unspecified atom stereocenters. The van der Waals surface area contributed by atoms with Crippen LogP contribution in [-0.4, -0.2) is 31.3 Å². The van der Waals surface area contributed by atoms with Gasteiger partial charge < -0.3 is 5.73 Å². The van der Waals surface area contributed by atoms with Crippen molar-refractivity contribution in [3.63, 3.8) is 0 Å². The Hall–Kier alpha value is -0.980. The number of nitrogens with two attached hydrogens (primary N) is 1. The molecule has 0 radical (unpaired) electrons. The quantitative estimate of drug-likeness (QED) is 0.818. The van der Waals surface area contributed by atoms with E-state index in [1.807, 2.05) is 20.8 Å². The first kappa shape index (κ1) is 17.1. The second kappa shape index (κ2) is 6.65. The standard InChI is InChI=1S/C14H22N2O2S2/c1-5-10(2)9-16(4)20(17,18)12-6-7-13(14(15)19)11(3)8-12/h6-8,10H,5,9H2,1-4H3,(H2,15,19). The molecule has 2 N–H and O–H groups in total. The van der Waals surface area contributed by atoms with E-state index in [0.29, 0.717) is 18.0 Å². The molecule has 0 aliphatic rings. The summed E-state index contributed by atoms with van der Waals surface area (Å²) >= 11 is 4.93. The number of thiocarbonyl (C=S) groups is 1. The van der Waals surface area contributed by atoms with Crippen LogP contribution in [0.4, 0.5) is 0 Å². The second-order valence-electron chi connectivity index (χ2n) is 5.14. The smallest absolute Gasteiger partial charge is 0.242 e. The molecule has 1 aromatic rings. The normalized spacial score (nSPS) is 13.4. The first-order chi connectivity index (χ1) is 9.20. The maximum atomic E-state index is 12.5. The lowest BCUT2D eigenvalue weighted by Crippen LogP contribution is -2.31. The van der Waals surface area contributed by atoms with Gasteiger partial charge in [-0.1, -0.05) is 38.6 Å². The minimum absolute atomic E-state index is 0.277. The van der Waals surface area contributed by atoms with Crippen LogP contribution < -0.4 is 5.73 Å². The molecule has 6 heteroatoms. The first-order valence-corrected chi connectivity index (χ1v) is 8.41. The third-order valence-corrected chi connectivity index (χ3v) is 5.48. The van der Waals surface area contributed by atoms with Crippen molar-refractivity contribution >= 4 is 27.2 Å². The highest BCUT2D eigenvalue weighted by molar-refractivity contribution is 7.89. The van der Waals surface area contributed by atoms with E-state index in [9.17, 15) is 8.42 Å². The van der Waals surface area contributed by atoms with E-state index >= 15 is 0 Å². The van der Waals surface area contributed by atoms with Crippen LogP contribution >= 0.6 is 12.2 Å². The lowest BCUT2D eigenvalue weighted by molar-refractivity contribution is 0.393. The van der Waals surface area contributed by atoms with E-state index in [-0.39, 0.29) is 9.88 Å². The number of rotatable bonds is 6. The van der Waals surface area contributed by atoms with Gasteiger partial charge in [0.2, 0.25) is 10.0 Å². The van der Waals surface area contributed by atoms with Gasteiger partial charge in [0.25, 0.3) is 0 Å². The Morgan fingerprint density at radius 3 is 2.50 bits per heavy atom. The summed E-state index contributed by atoms with van der Waals surface area (Å²) < 4.78 is 26.4. The Labute approximate surface area is 127 Å². The molecule has 0 heterocycles. The van der Waals surface area contributed by atoms with Gasteiger partial charge in [-0.2, -0.15) is 0 Å². The Balaban J connectivity index is 3.10. The fourth-order valence-corrected chi connectivity index (χ4v) is 3.52. The molecule has 0 spiro atoms. The largest absolute Gasteiger partial charge is 0.389 e. The van der Waals surface area contributed by atoms with Crippen molar-refractivity contribution in [1.29, 1.82) is 0 Å². The van der Waals surface area contributed by atoms with Crippen molar-refractivity contribution in [2.24, 2.45) is 11.7 Å². The van der Waals surface area contributed by atoms with Gasteiger partial charge in [0, 0.05) is 19.2 Å². The SMILES string of the molecule is CCC(C)CN(C)S(=O)(=O)c1ccc(C(N)=S)c(C)c1. The van der Waals surface area contributed by atoms with Crippen LogP contribution in [0.25, 0.3) is 0 Å². The molecule has 0 fully saturated rings. The highest BCUT2D eigenvalue weighted by Crippen LogP contribution is 2.20. The van der Waals surface area contributed by atoms with Gasteiger partial charge in [0.05, 0.1) is 4.90 Å². The van der Waals surface area contributed by atoms with Gasteiger partial charge in [0.1, 0.15) is 4.99 Å². The van der Waals surface area contributed by atoms with Crippen LogP contribution in [-0.2, 0) is 10.0 Å². The van der Waals surface area contributed by atoms with Crippen molar-refractivity contribution < 1.29 is 8.42 Å². The molecule has 0 aliphatic carbocycles. The first-order valence-electron chi connectivity index (χ1n) is 6.57. The Morgan fingerprint density at radius 2 is 2.05 bits per heavy atom. The molecule has 1 rings (SSSR count). The van der Waals surface area contributed by atoms with Gasteiger partial charge in [-0.25, -0.2) is 12.7 Å². The molecule has 0 aliphatic heterocycles. The fourth-order valence-electron chi connectivity index (χ4n) is 1.92. The summed E-state index contributed by atoms with van der Waals surface area (Å²) in [4.78, 5) is 0.556. The zero-order valence-electron chi connectivity index (χ0n) is 12.4. The molecule has 0 saturated carbocycles. The monoisotopic (exact) mass is 314 g/mol. The molecule has 0 amide bonds. The van der Waals surface area contributed by atoms with Crippen LogP contribution in [0.15, 0.2) is 23.1 Å². The summed E-state index contributed by atoms with van der Waals surface area (Å²) in [5, 5.41) is 0. The maximum Gasteiger partial charge on any atom is 0.242 e. The van der Waals surface area contributed by atoms with Crippen LogP contribution in [0, 0.1) is 12.8 Å². The molecular formula is C14H22N2O2S2. The molecule has 0 bridgehead atoms. The van der Waals surface area contributed by atoms with Crippen LogP contribution in [0.5, 0.6) is 0 Å². The fraction of sp³-hybridized carbons (Fsp3) is 0.500. The third-order valence-electron chi connectivity index (χ3n) is 3.44. The minimum atomic E-state index is -3.46. The average molecular weight is 314 g/mol. The van der Waals surface area contributed by atoms with Crippen molar-refractivity contribution in [2.75, 3.05) is 13.6 Å². The molecule has 20 heavy (non-hydrogen) atoms. The number of benzene rings is 1. The van der Waals surface area contributed by atoms with E-state index < -0.39 is 10.0 Å². The van der Waals surface area contributed by atoms with Crippen LogP contribution in [0.1, 0.15) is 31.4 Å². The van der Waals surface area contributed by atoms with E-state index in [1.165, 1.54) is 4.31 Å². The summed E-state index contributed by atoms with van der Waals surface area (Å²) in [5.74, 6) is 0.326. The van der Waals surface area contributed by atoms with Gasteiger partial charge >= 0.3 is 0 Å². The topological polar surface area (TPSA) is 63.4 Å². The predicted octanol–water partition coefficient (Wildman–Crippen LogP) is 2.30. The molecule has 112 valence electrons. The number of sulfonamides is 1. The van der Waals surface area contributed by atoms with E-state index in [4.69, 9.17) is 18.0 Å². The van der Waals surface area contributed by atoms with E-state index in [1.54, 1.807) is 25.2 Å². The Bertz CT molecular complexity index is 597. The summed E-state index contributed by atoms with van der Waals surface area (Å²) in [6.07, 6.45) is 0.944. The molecule has 1 atom stereocenters. The van der Waals surface area contributed by atoms with Crippen molar-refractivity contribution in [3.05, 3.63) is 29.3 Å². The third kappa shape index (κ3) is 3.77. The maximum absolute atomic E-state index is 12.5. The summed E-state index contributed by atoms with van der Waals surface area (Å²) in [6.45, 7) is 6.40. The molecule has 1 aromatic carbocycles. The zero-order valence-corrected chi connectivity index (χ0v) is 14.0. The molecular weight excluding hydrogens is 292 g/mol. The molecule has 0 saturated heterocycles. The van der Waals surface area contributed by atoms with Gasteiger partial charge in [-0.3, -0.25) is 0 Å². The number of hydrogen-bond donors (Lipinski definition) is 1.